The summed E-state index contributed by atoms with van der Waals surface area (Å²) >= 11 is 0. The zero-order chi connectivity index (χ0) is 14.3. The molecule has 4 N–H and O–H groups in total. The van der Waals surface area contributed by atoms with Gasteiger partial charge in [0.2, 0.25) is 0 Å². The Hall–Kier alpha value is -1.82. The Morgan fingerprint density at radius 2 is 2.20 bits per heavy atom. The standard InChI is InChI=1S/C14H21N5O/c1-9-7-18-6-2-3-10(18)8-19(9)14-11(15)4-5-12(17-14)13(16)20/h4-5,9-10H,2-3,6-8,15H2,1H3,(H2,16,20). The van der Waals surface area contributed by atoms with Gasteiger partial charge in [-0.05, 0) is 38.4 Å². The Bertz CT molecular complexity index is 532. The van der Waals surface area contributed by atoms with Gasteiger partial charge in [-0.15, -0.1) is 0 Å². The minimum Gasteiger partial charge on any atom is -0.396 e. The second-order valence-electron chi connectivity index (χ2n) is 5.77. The highest BCUT2D eigenvalue weighted by Crippen LogP contribution is 2.30. The van der Waals surface area contributed by atoms with Crippen LogP contribution in [0.4, 0.5) is 11.5 Å². The predicted molar refractivity (Wildman–Crippen MR) is 78.6 cm³/mol. The first-order valence-electron chi connectivity index (χ1n) is 7.13. The number of rotatable bonds is 2. The second-order valence-corrected chi connectivity index (χ2v) is 5.77. The summed E-state index contributed by atoms with van der Waals surface area (Å²) in [4.78, 5) is 20.4. The lowest BCUT2D eigenvalue weighted by Gasteiger charge is -2.43. The SMILES string of the molecule is CC1CN2CCCC2CN1c1nc(C(N)=O)ccc1N. The molecular weight excluding hydrogens is 254 g/mol. The summed E-state index contributed by atoms with van der Waals surface area (Å²) < 4.78 is 0. The Balaban J connectivity index is 1.91. The molecule has 1 aromatic heterocycles. The van der Waals surface area contributed by atoms with Crippen molar-refractivity contribution in [3.05, 3.63) is 17.8 Å². The molecule has 0 bridgehead atoms. The van der Waals surface area contributed by atoms with Gasteiger partial charge in [-0.3, -0.25) is 9.69 Å². The molecule has 2 saturated heterocycles. The van der Waals surface area contributed by atoms with E-state index in [9.17, 15) is 4.79 Å². The number of hydrogen-bond acceptors (Lipinski definition) is 5. The van der Waals surface area contributed by atoms with E-state index >= 15 is 0 Å². The lowest BCUT2D eigenvalue weighted by atomic mass is 10.1. The Morgan fingerprint density at radius 3 is 2.95 bits per heavy atom. The van der Waals surface area contributed by atoms with Gasteiger partial charge < -0.3 is 16.4 Å². The maximum Gasteiger partial charge on any atom is 0.267 e. The van der Waals surface area contributed by atoms with Crippen LogP contribution in [0.15, 0.2) is 12.1 Å². The topological polar surface area (TPSA) is 88.5 Å². The number of carbonyl (C=O) groups excluding carboxylic acids is 1. The molecule has 0 aliphatic carbocycles. The average Bonchev–Trinajstić information content (AvgIpc) is 2.85. The summed E-state index contributed by atoms with van der Waals surface area (Å²) in [6.07, 6.45) is 2.48. The van der Waals surface area contributed by atoms with E-state index in [0.29, 0.717) is 23.6 Å². The Morgan fingerprint density at radius 1 is 1.40 bits per heavy atom. The molecule has 0 spiro atoms. The summed E-state index contributed by atoms with van der Waals surface area (Å²) in [7, 11) is 0. The molecule has 0 aromatic carbocycles. The zero-order valence-corrected chi connectivity index (χ0v) is 11.7. The summed E-state index contributed by atoms with van der Waals surface area (Å²) in [5, 5.41) is 0. The molecule has 0 saturated carbocycles. The fourth-order valence-electron chi connectivity index (χ4n) is 3.31. The van der Waals surface area contributed by atoms with Gasteiger partial charge in [-0.1, -0.05) is 0 Å². The number of primary amides is 1. The van der Waals surface area contributed by atoms with Crippen molar-refractivity contribution in [2.24, 2.45) is 5.73 Å². The van der Waals surface area contributed by atoms with E-state index in [1.165, 1.54) is 19.4 Å². The lowest BCUT2D eigenvalue weighted by molar-refractivity contribution is 0.0995. The average molecular weight is 275 g/mol. The van der Waals surface area contributed by atoms with Crippen molar-refractivity contribution in [1.82, 2.24) is 9.88 Å². The van der Waals surface area contributed by atoms with E-state index in [1.807, 2.05) is 0 Å². The molecule has 3 rings (SSSR count). The summed E-state index contributed by atoms with van der Waals surface area (Å²) in [5.41, 5.74) is 12.2. The molecule has 2 aliphatic heterocycles. The predicted octanol–water partition coefficient (Wildman–Crippen LogP) is 0.436. The molecule has 108 valence electrons. The van der Waals surface area contributed by atoms with Crippen molar-refractivity contribution < 1.29 is 4.79 Å². The molecular formula is C14H21N5O. The first kappa shape index (κ1) is 13.2. The fraction of sp³-hybridized carbons (Fsp3) is 0.571. The number of aromatic nitrogens is 1. The first-order chi connectivity index (χ1) is 9.56. The number of pyridine rings is 1. The number of hydrogen-bond donors (Lipinski definition) is 2. The molecule has 2 unspecified atom stereocenters. The van der Waals surface area contributed by atoms with E-state index < -0.39 is 5.91 Å². The van der Waals surface area contributed by atoms with Gasteiger partial charge in [-0.25, -0.2) is 4.98 Å². The number of anilines is 2. The molecule has 3 heterocycles. The summed E-state index contributed by atoms with van der Waals surface area (Å²) in [5.74, 6) is 0.179. The van der Waals surface area contributed by atoms with Gasteiger partial charge in [0.1, 0.15) is 5.69 Å². The maximum atomic E-state index is 11.3. The van der Waals surface area contributed by atoms with Crippen molar-refractivity contribution in [3.63, 3.8) is 0 Å². The third-order valence-electron chi connectivity index (χ3n) is 4.37. The highest BCUT2D eigenvalue weighted by Gasteiger charge is 2.35. The molecule has 2 fully saturated rings. The molecule has 1 aromatic rings. The largest absolute Gasteiger partial charge is 0.396 e. The normalized spacial score (nSPS) is 26.6. The number of amides is 1. The smallest absolute Gasteiger partial charge is 0.267 e. The fourth-order valence-corrected chi connectivity index (χ4v) is 3.31. The van der Waals surface area contributed by atoms with Crippen LogP contribution in [0.2, 0.25) is 0 Å². The zero-order valence-electron chi connectivity index (χ0n) is 11.7. The van der Waals surface area contributed by atoms with E-state index in [2.05, 4.69) is 21.7 Å². The van der Waals surface area contributed by atoms with Crippen molar-refractivity contribution in [2.75, 3.05) is 30.3 Å². The highest BCUT2D eigenvalue weighted by atomic mass is 16.1. The van der Waals surface area contributed by atoms with Gasteiger partial charge in [0.25, 0.3) is 5.91 Å². The number of nitrogens with zero attached hydrogens (tertiary/aromatic N) is 3. The third kappa shape index (κ3) is 2.20. The van der Waals surface area contributed by atoms with Crippen LogP contribution >= 0.6 is 0 Å². The molecule has 2 aliphatic rings. The number of fused-ring (bicyclic) bond motifs is 1. The maximum absolute atomic E-state index is 11.3. The summed E-state index contributed by atoms with van der Waals surface area (Å²) in [6, 6.07) is 4.21. The van der Waals surface area contributed by atoms with Gasteiger partial charge in [0, 0.05) is 25.2 Å². The minimum absolute atomic E-state index is 0.273. The quantitative estimate of drug-likeness (QED) is 0.817. The summed E-state index contributed by atoms with van der Waals surface area (Å²) in [6.45, 7) is 5.30. The Kier molecular flexibility index (Phi) is 3.25. The van der Waals surface area contributed by atoms with Crippen LogP contribution in [-0.4, -0.2) is 47.5 Å². The monoisotopic (exact) mass is 275 g/mol. The van der Waals surface area contributed by atoms with Crippen LogP contribution in [0.3, 0.4) is 0 Å². The van der Waals surface area contributed by atoms with Crippen LogP contribution < -0.4 is 16.4 Å². The number of piperazine rings is 1. The highest BCUT2D eigenvalue weighted by molar-refractivity contribution is 5.92. The molecule has 1 amide bonds. The molecule has 0 radical (unpaired) electrons. The van der Waals surface area contributed by atoms with Gasteiger partial charge >= 0.3 is 0 Å². The minimum atomic E-state index is -0.515. The van der Waals surface area contributed by atoms with Crippen molar-refractivity contribution >= 4 is 17.4 Å². The van der Waals surface area contributed by atoms with Crippen LogP contribution in [0.1, 0.15) is 30.3 Å². The van der Waals surface area contributed by atoms with E-state index in [4.69, 9.17) is 11.5 Å². The Labute approximate surface area is 118 Å². The molecule has 20 heavy (non-hydrogen) atoms. The van der Waals surface area contributed by atoms with Gasteiger partial charge in [-0.2, -0.15) is 0 Å². The van der Waals surface area contributed by atoms with Crippen LogP contribution in [0.5, 0.6) is 0 Å². The van der Waals surface area contributed by atoms with Gasteiger partial charge in [0.15, 0.2) is 5.82 Å². The van der Waals surface area contributed by atoms with E-state index in [-0.39, 0.29) is 5.69 Å². The van der Waals surface area contributed by atoms with Crippen LogP contribution in [0.25, 0.3) is 0 Å². The van der Waals surface area contributed by atoms with Gasteiger partial charge in [0.05, 0.1) is 5.69 Å². The van der Waals surface area contributed by atoms with Crippen molar-refractivity contribution in [3.8, 4) is 0 Å². The van der Waals surface area contributed by atoms with Crippen LogP contribution in [-0.2, 0) is 0 Å². The third-order valence-corrected chi connectivity index (χ3v) is 4.37. The van der Waals surface area contributed by atoms with E-state index in [0.717, 1.165) is 13.1 Å². The van der Waals surface area contributed by atoms with Crippen molar-refractivity contribution in [1.29, 1.82) is 0 Å². The number of nitrogen functional groups attached to an aromatic ring is 1. The second kappa shape index (κ2) is 4.94. The number of carbonyl (C=O) groups is 1. The lowest BCUT2D eigenvalue weighted by Crippen LogP contribution is -2.55. The molecule has 6 nitrogen and oxygen atoms in total. The molecule has 6 heteroatoms. The number of nitrogens with two attached hydrogens (primary N) is 2. The first-order valence-corrected chi connectivity index (χ1v) is 7.13. The van der Waals surface area contributed by atoms with Crippen LogP contribution in [0, 0.1) is 0 Å². The molecule has 2 atom stereocenters. The van der Waals surface area contributed by atoms with E-state index in [1.54, 1.807) is 12.1 Å². The van der Waals surface area contributed by atoms with Crippen molar-refractivity contribution in [2.45, 2.75) is 31.8 Å².